The average Bonchev–Trinajstić information content (AvgIpc) is 2.51. The first-order valence-electron chi connectivity index (χ1n) is 6.80. The summed E-state index contributed by atoms with van der Waals surface area (Å²) in [6.45, 7) is 1.89. The van der Waals surface area contributed by atoms with E-state index in [0.717, 1.165) is 28.6 Å². The first-order chi connectivity index (χ1) is 10.9. The van der Waals surface area contributed by atoms with Gasteiger partial charge in [0.25, 0.3) is 0 Å². The molecule has 3 rings (SSSR count). The summed E-state index contributed by atoms with van der Waals surface area (Å²) in [6, 6.07) is 7.85. The van der Waals surface area contributed by atoms with Crippen LogP contribution in [0.1, 0.15) is 11.3 Å². The van der Waals surface area contributed by atoms with Crippen LogP contribution in [0.25, 0.3) is 10.8 Å². The van der Waals surface area contributed by atoms with Crippen LogP contribution >= 0.6 is 0 Å². The number of hydrogen-bond acceptors (Lipinski definition) is 4. The fraction of sp³-hybridized carbons (Fsp3) is 0.125. The molecule has 2 aromatic heterocycles. The van der Waals surface area contributed by atoms with E-state index in [1.54, 1.807) is 12.3 Å². The predicted octanol–water partition coefficient (Wildman–Crippen LogP) is 4.28. The lowest BCUT2D eigenvalue weighted by Gasteiger charge is -2.12. The average molecular weight is 318 g/mol. The standard InChI is InChI=1S/C16H13F3N4/c1-9-2-3-12-11(14(9)20)5-7-22-15(12)23-10-4-6-21-13(8-10)16(17,18)19/h2-8H,20H2,1H3,(H,21,22,23). The van der Waals surface area contributed by atoms with Crippen LogP contribution < -0.4 is 11.1 Å². The number of nitrogens with zero attached hydrogens (tertiary/aromatic N) is 2. The Labute approximate surface area is 130 Å². The number of benzene rings is 1. The molecule has 4 nitrogen and oxygen atoms in total. The summed E-state index contributed by atoms with van der Waals surface area (Å²) in [5.74, 6) is 0.438. The number of alkyl halides is 3. The largest absolute Gasteiger partial charge is 0.433 e. The van der Waals surface area contributed by atoms with E-state index in [0.29, 0.717) is 11.5 Å². The Kier molecular flexibility index (Phi) is 3.55. The number of nitrogens with one attached hydrogen (secondary N) is 1. The molecule has 7 heteroatoms. The van der Waals surface area contributed by atoms with E-state index in [9.17, 15) is 13.2 Å². The van der Waals surface area contributed by atoms with Crippen molar-refractivity contribution in [1.82, 2.24) is 9.97 Å². The molecule has 0 spiro atoms. The Morgan fingerprint density at radius 3 is 2.48 bits per heavy atom. The Balaban J connectivity index is 2.04. The molecule has 0 saturated heterocycles. The number of rotatable bonds is 2. The molecule has 0 saturated carbocycles. The maximum Gasteiger partial charge on any atom is 0.433 e. The Bertz CT molecular complexity index is 875. The van der Waals surface area contributed by atoms with Crippen molar-refractivity contribution in [3.63, 3.8) is 0 Å². The number of aryl methyl sites for hydroxylation is 1. The zero-order valence-electron chi connectivity index (χ0n) is 12.1. The highest BCUT2D eigenvalue weighted by molar-refractivity contribution is 6.01. The van der Waals surface area contributed by atoms with Crippen LogP contribution in [0.5, 0.6) is 0 Å². The highest BCUT2D eigenvalue weighted by atomic mass is 19.4. The van der Waals surface area contributed by atoms with Crippen LogP contribution in [0, 0.1) is 6.92 Å². The van der Waals surface area contributed by atoms with Gasteiger partial charge in [-0.05, 0) is 30.7 Å². The molecular weight excluding hydrogens is 305 g/mol. The van der Waals surface area contributed by atoms with E-state index in [4.69, 9.17) is 5.73 Å². The van der Waals surface area contributed by atoms with Crippen molar-refractivity contribution in [1.29, 1.82) is 0 Å². The topological polar surface area (TPSA) is 63.8 Å². The highest BCUT2D eigenvalue weighted by Gasteiger charge is 2.32. The second-order valence-electron chi connectivity index (χ2n) is 5.10. The molecule has 0 aliphatic heterocycles. The third-order valence-corrected chi connectivity index (χ3v) is 3.52. The van der Waals surface area contributed by atoms with Crippen LogP contribution in [-0.4, -0.2) is 9.97 Å². The number of aromatic nitrogens is 2. The van der Waals surface area contributed by atoms with E-state index in [-0.39, 0.29) is 5.69 Å². The van der Waals surface area contributed by atoms with Gasteiger partial charge in [0.05, 0.1) is 0 Å². The van der Waals surface area contributed by atoms with Crippen molar-refractivity contribution >= 4 is 28.0 Å². The SMILES string of the molecule is Cc1ccc2c(Nc3ccnc(C(F)(F)F)c3)nccc2c1N. The van der Waals surface area contributed by atoms with E-state index in [1.807, 2.05) is 19.1 Å². The molecule has 0 fully saturated rings. The number of anilines is 3. The van der Waals surface area contributed by atoms with Gasteiger partial charge in [0, 0.05) is 34.5 Å². The molecule has 0 atom stereocenters. The number of halogens is 3. The smallest absolute Gasteiger partial charge is 0.398 e. The molecule has 0 radical (unpaired) electrons. The van der Waals surface area contributed by atoms with Crippen LogP contribution in [0.3, 0.4) is 0 Å². The monoisotopic (exact) mass is 318 g/mol. The second kappa shape index (κ2) is 5.42. The summed E-state index contributed by atoms with van der Waals surface area (Å²) < 4.78 is 38.2. The predicted molar refractivity (Wildman–Crippen MR) is 83.4 cm³/mol. The minimum Gasteiger partial charge on any atom is -0.398 e. The summed E-state index contributed by atoms with van der Waals surface area (Å²) >= 11 is 0. The lowest BCUT2D eigenvalue weighted by Crippen LogP contribution is -2.08. The van der Waals surface area contributed by atoms with E-state index < -0.39 is 11.9 Å². The number of hydrogen-bond donors (Lipinski definition) is 2. The second-order valence-corrected chi connectivity index (χ2v) is 5.10. The van der Waals surface area contributed by atoms with E-state index in [2.05, 4.69) is 15.3 Å². The molecule has 3 aromatic rings. The summed E-state index contributed by atoms with van der Waals surface area (Å²) in [6.07, 6.45) is -1.83. The van der Waals surface area contributed by atoms with Gasteiger partial charge >= 0.3 is 6.18 Å². The molecule has 0 bridgehead atoms. The van der Waals surface area contributed by atoms with Gasteiger partial charge in [0.2, 0.25) is 0 Å². The Morgan fingerprint density at radius 1 is 1.00 bits per heavy atom. The van der Waals surface area contributed by atoms with Gasteiger partial charge in [-0.25, -0.2) is 4.98 Å². The maximum atomic E-state index is 12.7. The van der Waals surface area contributed by atoms with Gasteiger partial charge < -0.3 is 11.1 Å². The third kappa shape index (κ3) is 2.90. The lowest BCUT2D eigenvalue weighted by atomic mass is 10.1. The van der Waals surface area contributed by atoms with E-state index in [1.165, 1.54) is 6.07 Å². The summed E-state index contributed by atoms with van der Waals surface area (Å²) in [5.41, 5.74) is 6.90. The van der Waals surface area contributed by atoms with Crippen LogP contribution in [0.15, 0.2) is 42.7 Å². The van der Waals surface area contributed by atoms with Crippen molar-refractivity contribution in [3.05, 3.63) is 54.0 Å². The number of nitrogen functional groups attached to an aromatic ring is 1. The van der Waals surface area contributed by atoms with Gasteiger partial charge in [-0.2, -0.15) is 13.2 Å². The number of nitrogens with two attached hydrogens (primary N) is 1. The first-order valence-corrected chi connectivity index (χ1v) is 6.80. The van der Waals surface area contributed by atoms with Crippen molar-refractivity contribution in [3.8, 4) is 0 Å². The molecule has 0 aliphatic rings. The zero-order chi connectivity index (χ0) is 16.6. The molecular formula is C16H13F3N4. The van der Waals surface area contributed by atoms with Gasteiger partial charge in [0.1, 0.15) is 11.5 Å². The molecule has 0 aliphatic carbocycles. The van der Waals surface area contributed by atoms with Gasteiger partial charge in [-0.15, -0.1) is 0 Å². The fourth-order valence-electron chi connectivity index (χ4n) is 2.29. The summed E-state index contributed by atoms with van der Waals surface area (Å²) in [7, 11) is 0. The van der Waals surface area contributed by atoms with Crippen LogP contribution in [0.2, 0.25) is 0 Å². The molecule has 1 aromatic carbocycles. The third-order valence-electron chi connectivity index (χ3n) is 3.52. The molecule has 23 heavy (non-hydrogen) atoms. The summed E-state index contributed by atoms with van der Waals surface area (Å²) in [5, 5.41) is 4.44. The maximum absolute atomic E-state index is 12.7. The zero-order valence-corrected chi connectivity index (χ0v) is 12.1. The van der Waals surface area contributed by atoms with E-state index >= 15 is 0 Å². The molecule has 118 valence electrons. The molecule has 0 amide bonds. The Morgan fingerprint density at radius 2 is 1.74 bits per heavy atom. The van der Waals surface area contributed by atoms with Crippen LogP contribution in [-0.2, 0) is 6.18 Å². The molecule has 3 N–H and O–H groups in total. The lowest BCUT2D eigenvalue weighted by molar-refractivity contribution is -0.141. The van der Waals surface area contributed by atoms with Crippen molar-refractivity contribution in [2.75, 3.05) is 11.1 Å². The first kappa shape index (κ1) is 15.1. The minimum absolute atomic E-state index is 0.256. The summed E-state index contributed by atoms with van der Waals surface area (Å²) in [4.78, 5) is 7.53. The van der Waals surface area contributed by atoms with Gasteiger partial charge in [0.15, 0.2) is 0 Å². The number of fused-ring (bicyclic) bond motifs is 1. The van der Waals surface area contributed by atoms with Gasteiger partial charge in [-0.1, -0.05) is 12.1 Å². The fourth-order valence-corrected chi connectivity index (χ4v) is 2.29. The van der Waals surface area contributed by atoms with Crippen molar-refractivity contribution < 1.29 is 13.2 Å². The van der Waals surface area contributed by atoms with Gasteiger partial charge in [-0.3, -0.25) is 4.98 Å². The molecule has 2 heterocycles. The quantitative estimate of drug-likeness (QED) is 0.692. The highest BCUT2D eigenvalue weighted by Crippen LogP contribution is 2.32. The molecule has 0 unspecified atom stereocenters. The van der Waals surface area contributed by atoms with Crippen molar-refractivity contribution in [2.45, 2.75) is 13.1 Å². The number of pyridine rings is 2. The van der Waals surface area contributed by atoms with Crippen LogP contribution in [0.4, 0.5) is 30.4 Å². The Hall–Kier alpha value is -2.83. The van der Waals surface area contributed by atoms with Crippen molar-refractivity contribution in [2.24, 2.45) is 0 Å². The normalized spacial score (nSPS) is 11.7. The minimum atomic E-state index is -4.49.